The maximum Gasteiger partial charge on any atom is 0.356 e. The van der Waals surface area contributed by atoms with Crippen LogP contribution in [-0.4, -0.2) is 39.6 Å². The maximum atomic E-state index is 13.1. The quantitative estimate of drug-likeness (QED) is 0.295. The first-order chi connectivity index (χ1) is 17.9. The van der Waals surface area contributed by atoms with Crippen molar-refractivity contribution in [3.8, 4) is 0 Å². The summed E-state index contributed by atoms with van der Waals surface area (Å²) in [5.74, 6) is -0.498. The number of carbonyl (C=O) groups excluding carboxylic acids is 2. The molecule has 3 heterocycles. The number of benzene rings is 1. The third kappa shape index (κ3) is 6.33. The molecule has 1 unspecified atom stereocenters. The molecule has 3 aromatic heterocycles. The summed E-state index contributed by atoms with van der Waals surface area (Å²) in [6, 6.07) is 15.5. The molecule has 0 spiro atoms. The molecule has 8 heteroatoms. The number of pyridine rings is 2. The van der Waals surface area contributed by atoms with Gasteiger partial charge < -0.3 is 19.9 Å². The Morgan fingerprint density at radius 1 is 1.03 bits per heavy atom. The van der Waals surface area contributed by atoms with Crippen LogP contribution in [0.15, 0.2) is 67.1 Å². The Morgan fingerprint density at radius 2 is 1.78 bits per heavy atom. The van der Waals surface area contributed by atoms with E-state index in [0.717, 1.165) is 23.2 Å². The number of carbonyl (C=O) groups is 2. The van der Waals surface area contributed by atoms with E-state index < -0.39 is 5.97 Å². The summed E-state index contributed by atoms with van der Waals surface area (Å²) >= 11 is 0. The summed E-state index contributed by atoms with van der Waals surface area (Å²) < 4.78 is 6.97. The molecule has 1 amide bonds. The van der Waals surface area contributed by atoms with Gasteiger partial charge in [0, 0.05) is 30.4 Å². The number of ether oxygens (including phenoxy) is 1. The lowest BCUT2D eigenvalue weighted by atomic mass is 10.1. The number of esters is 1. The number of rotatable bonds is 10. The number of anilines is 2. The Labute approximate surface area is 217 Å². The standard InChI is InChI=1S/C29H33N5O3/c1-19(2)18-34-27(29(36)37-4)26(33-25(35)14-21-9-6-5-7-10-21)24-15-23(17-31-28(24)34)32-20(3)13-22-11-8-12-30-16-22/h5-12,15-17,19-20,32H,13-14,18H2,1-4H3,(H,33,35). The third-order valence-corrected chi connectivity index (χ3v) is 5.97. The van der Waals surface area contributed by atoms with E-state index >= 15 is 0 Å². The molecule has 0 fully saturated rings. The molecule has 0 radical (unpaired) electrons. The highest BCUT2D eigenvalue weighted by molar-refractivity contribution is 6.11. The van der Waals surface area contributed by atoms with Gasteiger partial charge in [-0.15, -0.1) is 0 Å². The largest absolute Gasteiger partial charge is 0.464 e. The molecule has 37 heavy (non-hydrogen) atoms. The number of hydrogen-bond acceptors (Lipinski definition) is 6. The van der Waals surface area contributed by atoms with Crippen molar-refractivity contribution in [3.05, 3.63) is 83.9 Å². The van der Waals surface area contributed by atoms with Gasteiger partial charge in [-0.25, -0.2) is 9.78 Å². The molecule has 4 rings (SSSR count). The zero-order valence-corrected chi connectivity index (χ0v) is 21.7. The first kappa shape index (κ1) is 25.9. The Balaban J connectivity index is 1.71. The van der Waals surface area contributed by atoms with Crippen LogP contribution >= 0.6 is 0 Å². The molecule has 192 valence electrons. The van der Waals surface area contributed by atoms with Crippen LogP contribution in [0.4, 0.5) is 11.4 Å². The molecule has 0 aliphatic rings. The lowest BCUT2D eigenvalue weighted by Gasteiger charge is -2.15. The lowest BCUT2D eigenvalue weighted by Crippen LogP contribution is -2.19. The van der Waals surface area contributed by atoms with Crippen molar-refractivity contribution < 1.29 is 14.3 Å². The maximum absolute atomic E-state index is 13.1. The van der Waals surface area contributed by atoms with E-state index in [1.165, 1.54) is 7.11 Å². The molecular formula is C29H33N5O3. The predicted octanol–water partition coefficient (Wildman–Crippen LogP) is 5.10. The van der Waals surface area contributed by atoms with Crippen LogP contribution in [0.25, 0.3) is 11.0 Å². The summed E-state index contributed by atoms with van der Waals surface area (Å²) in [7, 11) is 1.34. The van der Waals surface area contributed by atoms with E-state index in [4.69, 9.17) is 9.72 Å². The van der Waals surface area contributed by atoms with Crippen LogP contribution in [0.3, 0.4) is 0 Å². The second-order valence-electron chi connectivity index (χ2n) is 9.64. The molecule has 0 saturated heterocycles. The second-order valence-corrected chi connectivity index (χ2v) is 9.64. The van der Waals surface area contributed by atoms with E-state index in [-0.39, 0.29) is 24.3 Å². The summed E-state index contributed by atoms with van der Waals surface area (Å²) in [5, 5.41) is 7.16. The van der Waals surface area contributed by atoms with Crippen molar-refractivity contribution in [2.24, 2.45) is 5.92 Å². The van der Waals surface area contributed by atoms with E-state index in [0.29, 0.717) is 29.0 Å². The minimum Gasteiger partial charge on any atom is -0.464 e. The third-order valence-electron chi connectivity index (χ3n) is 5.97. The smallest absolute Gasteiger partial charge is 0.356 e. The first-order valence-electron chi connectivity index (χ1n) is 12.5. The summed E-state index contributed by atoms with van der Waals surface area (Å²) in [5.41, 5.74) is 4.13. The molecule has 4 aromatic rings. The molecule has 0 saturated carbocycles. The highest BCUT2D eigenvalue weighted by Crippen LogP contribution is 2.33. The topological polar surface area (TPSA) is 98.1 Å². The van der Waals surface area contributed by atoms with Gasteiger partial charge in [-0.2, -0.15) is 0 Å². The number of fused-ring (bicyclic) bond motifs is 1. The second kappa shape index (κ2) is 11.7. The summed E-state index contributed by atoms with van der Waals surface area (Å²) in [6.45, 7) is 6.77. The van der Waals surface area contributed by atoms with E-state index in [2.05, 4.69) is 36.4 Å². The Morgan fingerprint density at radius 3 is 2.46 bits per heavy atom. The highest BCUT2D eigenvalue weighted by atomic mass is 16.5. The lowest BCUT2D eigenvalue weighted by molar-refractivity contribution is -0.115. The molecule has 1 atom stereocenters. The van der Waals surface area contributed by atoms with E-state index in [1.54, 1.807) is 12.4 Å². The fourth-order valence-corrected chi connectivity index (χ4v) is 4.46. The number of nitrogens with zero attached hydrogens (tertiary/aromatic N) is 3. The normalized spacial score (nSPS) is 11.9. The fraction of sp³-hybridized carbons (Fsp3) is 0.310. The molecule has 2 N–H and O–H groups in total. The minimum atomic E-state index is -0.520. The van der Waals surface area contributed by atoms with Gasteiger partial charge in [0.2, 0.25) is 5.91 Å². The first-order valence-corrected chi connectivity index (χ1v) is 12.5. The van der Waals surface area contributed by atoms with Gasteiger partial charge in [0.05, 0.1) is 31.1 Å². The molecule has 0 aliphatic heterocycles. The van der Waals surface area contributed by atoms with Crippen LogP contribution in [-0.2, 0) is 28.9 Å². The minimum absolute atomic E-state index is 0.109. The van der Waals surface area contributed by atoms with Crippen LogP contribution in [0.1, 0.15) is 42.4 Å². The van der Waals surface area contributed by atoms with Crippen molar-refractivity contribution in [2.75, 3.05) is 17.7 Å². The molecule has 1 aromatic carbocycles. The molecule has 0 bridgehead atoms. The van der Waals surface area contributed by atoms with Gasteiger partial charge in [0.15, 0.2) is 5.69 Å². The Hall–Kier alpha value is -4.20. The number of aromatic nitrogens is 3. The van der Waals surface area contributed by atoms with Crippen molar-refractivity contribution >= 4 is 34.3 Å². The number of hydrogen-bond donors (Lipinski definition) is 2. The van der Waals surface area contributed by atoms with Gasteiger partial charge in [0.1, 0.15) is 5.65 Å². The van der Waals surface area contributed by atoms with Crippen LogP contribution in [0, 0.1) is 5.92 Å². The predicted molar refractivity (Wildman–Crippen MR) is 146 cm³/mol. The van der Waals surface area contributed by atoms with Crippen molar-refractivity contribution in [3.63, 3.8) is 0 Å². The van der Waals surface area contributed by atoms with Gasteiger partial charge in [0.25, 0.3) is 0 Å². The van der Waals surface area contributed by atoms with Crippen molar-refractivity contribution in [1.82, 2.24) is 14.5 Å². The highest BCUT2D eigenvalue weighted by Gasteiger charge is 2.26. The van der Waals surface area contributed by atoms with E-state index in [9.17, 15) is 9.59 Å². The van der Waals surface area contributed by atoms with Gasteiger partial charge in [-0.05, 0) is 42.5 Å². The zero-order valence-electron chi connectivity index (χ0n) is 21.7. The van der Waals surface area contributed by atoms with E-state index in [1.807, 2.05) is 59.3 Å². The van der Waals surface area contributed by atoms with Crippen LogP contribution < -0.4 is 10.6 Å². The molecule has 0 aliphatic carbocycles. The van der Waals surface area contributed by atoms with Crippen molar-refractivity contribution in [1.29, 1.82) is 0 Å². The number of nitrogens with one attached hydrogen (secondary N) is 2. The summed E-state index contributed by atoms with van der Waals surface area (Å²) in [6.07, 6.45) is 6.35. The zero-order chi connectivity index (χ0) is 26.4. The fourth-order valence-electron chi connectivity index (χ4n) is 4.46. The monoisotopic (exact) mass is 499 g/mol. The number of methoxy groups -OCH3 is 1. The van der Waals surface area contributed by atoms with Gasteiger partial charge in [-0.1, -0.05) is 50.2 Å². The molecular weight excluding hydrogens is 466 g/mol. The molecule has 8 nitrogen and oxygen atoms in total. The summed E-state index contributed by atoms with van der Waals surface area (Å²) in [4.78, 5) is 34.9. The Bertz CT molecular complexity index is 1370. The van der Waals surface area contributed by atoms with Crippen LogP contribution in [0.2, 0.25) is 0 Å². The SMILES string of the molecule is COC(=O)c1c(NC(=O)Cc2ccccc2)c2cc(NC(C)Cc3cccnc3)cnc2n1CC(C)C. The van der Waals surface area contributed by atoms with Gasteiger partial charge in [-0.3, -0.25) is 9.78 Å². The van der Waals surface area contributed by atoms with Gasteiger partial charge >= 0.3 is 5.97 Å². The van der Waals surface area contributed by atoms with Crippen LogP contribution in [0.5, 0.6) is 0 Å². The average molecular weight is 500 g/mol. The van der Waals surface area contributed by atoms with Crippen molar-refractivity contribution in [2.45, 2.75) is 46.2 Å². The number of amides is 1. The average Bonchev–Trinajstić information content (AvgIpc) is 3.16. The Kier molecular flexibility index (Phi) is 8.18.